The molecule has 3 aliphatic carbocycles. The number of anilines is 1. The fourth-order valence-corrected chi connectivity index (χ4v) is 4.53. The Hall–Kier alpha value is -2.77. The molecule has 0 unspecified atom stereocenters. The van der Waals surface area contributed by atoms with Gasteiger partial charge in [0.25, 0.3) is 5.91 Å². The molecule has 3 aromatic rings. The van der Waals surface area contributed by atoms with Crippen molar-refractivity contribution in [3.63, 3.8) is 0 Å². The lowest BCUT2D eigenvalue weighted by Crippen LogP contribution is -2.81. The van der Waals surface area contributed by atoms with Crippen LogP contribution < -0.4 is 15.4 Å². The predicted molar refractivity (Wildman–Crippen MR) is 113 cm³/mol. The minimum Gasteiger partial charge on any atom is -0.484 e. The van der Waals surface area contributed by atoms with E-state index in [1.807, 2.05) is 12.1 Å². The third kappa shape index (κ3) is 3.70. The van der Waals surface area contributed by atoms with Crippen molar-refractivity contribution in [2.45, 2.75) is 30.3 Å². The summed E-state index contributed by atoms with van der Waals surface area (Å²) in [6.45, 7) is -0.0298. The maximum atomic E-state index is 12.2. The first-order valence-corrected chi connectivity index (χ1v) is 10.3. The van der Waals surface area contributed by atoms with Gasteiger partial charge in [-0.25, -0.2) is 0 Å². The van der Waals surface area contributed by atoms with Crippen molar-refractivity contribution >= 4 is 35.1 Å². The molecule has 1 aromatic heterocycles. The van der Waals surface area contributed by atoms with Crippen LogP contribution in [0.2, 0.25) is 10.0 Å². The molecule has 7 nitrogen and oxygen atoms in total. The SMILES string of the molecule is O=C(COc1ccc(Cl)cc1)NC12CC(Nc3nnc(-c4ccc(Cl)cc4)o3)(C1)C2. The van der Waals surface area contributed by atoms with Crippen LogP contribution in [0.15, 0.2) is 52.9 Å². The predicted octanol–water partition coefficient (Wildman–Crippen LogP) is 4.33. The smallest absolute Gasteiger partial charge is 0.316 e. The molecule has 3 aliphatic rings. The Labute approximate surface area is 182 Å². The van der Waals surface area contributed by atoms with Gasteiger partial charge in [0.2, 0.25) is 5.89 Å². The molecular weight excluding hydrogens is 427 g/mol. The molecule has 9 heteroatoms. The molecule has 0 saturated heterocycles. The first-order chi connectivity index (χ1) is 14.4. The van der Waals surface area contributed by atoms with Crippen molar-refractivity contribution in [2.75, 3.05) is 11.9 Å². The van der Waals surface area contributed by atoms with Gasteiger partial charge < -0.3 is 19.8 Å². The first-order valence-electron chi connectivity index (χ1n) is 9.50. The van der Waals surface area contributed by atoms with E-state index in [9.17, 15) is 4.79 Å². The van der Waals surface area contributed by atoms with Gasteiger partial charge in [-0.15, -0.1) is 5.10 Å². The number of halogens is 2. The molecule has 2 N–H and O–H groups in total. The number of carbonyl (C=O) groups is 1. The highest BCUT2D eigenvalue weighted by atomic mass is 35.5. The third-order valence-electron chi connectivity index (χ3n) is 5.51. The number of carbonyl (C=O) groups excluding carboxylic acids is 1. The van der Waals surface area contributed by atoms with Gasteiger partial charge in [0.15, 0.2) is 6.61 Å². The highest BCUT2D eigenvalue weighted by molar-refractivity contribution is 6.30. The van der Waals surface area contributed by atoms with Crippen molar-refractivity contribution < 1.29 is 13.9 Å². The maximum Gasteiger partial charge on any atom is 0.316 e. The fourth-order valence-electron chi connectivity index (χ4n) is 4.27. The highest BCUT2D eigenvalue weighted by Gasteiger charge is 2.69. The van der Waals surface area contributed by atoms with Crippen molar-refractivity contribution in [3.8, 4) is 17.2 Å². The molecule has 154 valence electrons. The monoisotopic (exact) mass is 444 g/mol. The summed E-state index contributed by atoms with van der Waals surface area (Å²) >= 11 is 11.7. The normalized spacial score (nSPS) is 23.8. The molecule has 3 saturated carbocycles. The van der Waals surface area contributed by atoms with E-state index >= 15 is 0 Å². The summed E-state index contributed by atoms with van der Waals surface area (Å²) in [5.41, 5.74) is 0.530. The lowest BCUT2D eigenvalue weighted by atomic mass is 9.44. The average Bonchev–Trinajstić information content (AvgIpc) is 3.14. The number of nitrogens with zero attached hydrogens (tertiary/aromatic N) is 2. The van der Waals surface area contributed by atoms with Crippen LogP contribution in [-0.2, 0) is 4.79 Å². The summed E-state index contributed by atoms with van der Waals surface area (Å²) in [5.74, 6) is 0.905. The Balaban J connectivity index is 1.11. The average molecular weight is 445 g/mol. The van der Waals surface area contributed by atoms with E-state index in [1.54, 1.807) is 36.4 Å². The van der Waals surface area contributed by atoms with Crippen LogP contribution in [0.5, 0.6) is 5.75 Å². The molecule has 0 atom stereocenters. The number of amides is 1. The van der Waals surface area contributed by atoms with Crippen molar-refractivity contribution in [2.24, 2.45) is 0 Å². The Kier molecular flexibility index (Phi) is 4.60. The van der Waals surface area contributed by atoms with Gasteiger partial charge in [0, 0.05) is 26.7 Å². The number of benzene rings is 2. The largest absolute Gasteiger partial charge is 0.484 e. The molecule has 0 radical (unpaired) electrons. The molecule has 3 fully saturated rings. The van der Waals surface area contributed by atoms with Gasteiger partial charge in [0.1, 0.15) is 5.75 Å². The molecule has 2 bridgehead atoms. The molecule has 30 heavy (non-hydrogen) atoms. The van der Waals surface area contributed by atoms with Crippen LogP contribution in [0.1, 0.15) is 19.3 Å². The second-order valence-electron chi connectivity index (χ2n) is 7.93. The van der Waals surface area contributed by atoms with Gasteiger partial charge in [-0.2, -0.15) is 0 Å². The van der Waals surface area contributed by atoms with E-state index in [2.05, 4.69) is 20.8 Å². The second-order valence-corrected chi connectivity index (χ2v) is 8.80. The molecule has 1 heterocycles. The van der Waals surface area contributed by atoms with E-state index < -0.39 is 0 Å². The standard InChI is InChI=1S/C21H18Cl2N4O3/c22-14-3-1-13(2-4-14)18-26-27-19(30-18)25-21-10-20(11-21,12-21)24-17(28)9-29-16-7-5-15(23)6-8-16/h1-8H,9-12H2,(H,24,28)(H,25,27). The van der Waals surface area contributed by atoms with E-state index in [0.29, 0.717) is 27.7 Å². The van der Waals surface area contributed by atoms with E-state index in [1.165, 1.54) is 0 Å². The molecular formula is C21H18Cl2N4O3. The lowest BCUT2D eigenvalue weighted by molar-refractivity contribution is -0.135. The second kappa shape index (κ2) is 7.18. The van der Waals surface area contributed by atoms with Crippen molar-refractivity contribution in [3.05, 3.63) is 58.6 Å². The Morgan fingerprint density at radius 3 is 2.27 bits per heavy atom. The van der Waals surface area contributed by atoms with Crippen LogP contribution in [0.25, 0.3) is 11.5 Å². The van der Waals surface area contributed by atoms with E-state index in [4.69, 9.17) is 32.4 Å². The number of ether oxygens (including phenoxy) is 1. The summed E-state index contributed by atoms with van der Waals surface area (Å²) in [6, 6.07) is 14.5. The Morgan fingerprint density at radius 1 is 0.967 bits per heavy atom. The molecule has 2 aromatic carbocycles. The van der Waals surface area contributed by atoms with Crippen LogP contribution >= 0.6 is 23.2 Å². The molecule has 1 amide bonds. The topological polar surface area (TPSA) is 89.3 Å². The zero-order valence-electron chi connectivity index (χ0n) is 15.8. The third-order valence-corrected chi connectivity index (χ3v) is 6.01. The zero-order chi connectivity index (χ0) is 20.8. The van der Waals surface area contributed by atoms with Gasteiger partial charge in [-0.05, 0) is 67.8 Å². The maximum absolute atomic E-state index is 12.2. The molecule has 0 spiro atoms. The number of rotatable bonds is 7. The fraction of sp³-hybridized carbons (Fsp3) is 0.286. The molecule has 0 aliphatic heterocycles. The minimum atomic E-state index is -0.174. The quantitative estimate of drug-likeness (QED) is 0.563. The van der Waals surface area contributed by atoms with Crippen LogP contribution in [-0.4, -0.2) is 33.8 Å². The zero-order valence-corrected chi connectivity index (χ0v) is 17.3. The Bertz CT molecular complexity index is 1060. The van der Waals surface area contributed by atoms with Crippen LogP contribution in [0, 0.1) is 0 Å². The summed E-state index contributed by atoms with van der Waals surface area (Å²) in [5, 5.41) is 15.8. The van der Waals surface area contributed by atoms with Crippen LogP contribution in [0.4, 0.5) is 6.01 Å². The highest BCUT2D eigenvalue weighted by Crippen LogP contribution is 2.61. The van der Waals surface area contributed by atoms with E-state index in [-0.39, 0.29) is 23.6 Å². The molecule has 6 rings (SSSR count). The van der Waals surface area contributed by atoms with Gasteiger partial charge in [0.05, 0.1) is 0 Å². The summed E-state index contributed by atoms with van der Waals surface area (Å²) in [4.78, 5) is 12.2. The summed E-state index contributed by atoms with van der Waals surface area (Å²) < 4.78 is 11.2. The lowest BCUT2D eigenvalue weighted by Gasteiger charge is -2.70. The van der Waals surface area contributed by atoms with E-state index in [0.717, 1.165) is 24.8 Å². The van der Waals surface area contributed by atoms with Crippen molar-refractivity contribution in [1.82, 2.24) is 15.5 Å². The minimum absolute atomic E-state index is 0.0298. The Morgan fingerprint density at radius 2 is 1.60 bits per heavy atom. The van der Waals surface area contributed by atoms with Gasteiger partial charge in [-0.3, -0.25) is 4.79 Å². The van der Waals surface area contributed by atoms with Gasteiger partial charge >= 0.3 is 6.01 Å². The number of nitrogens with one attached hydrogen (secondary N) is 2. The summed E-state index contributed by atoms with van der Waals surface area (Å²) in [7, 11) is 0. The first kappa shape index (κ1) is 19.2. The number of aromatic nitrogens is 2. The number of hydrogen-bond donors (Lipinski definition) is 2. The van der Waals surface area contributed by atoms with Crippen LogP contribution in [0.3, 0.4) is 0 Å². The van der Waals surface area contributed by atoms with Gasteiger partial charge in [-0.1, -0.05) is 28.3 Å². The summed E-state index contributed by atoms with van der Waals surface area (Å²) in [6.07, 6.45) is 2.43. The van der Waals surface area contributed by atoms with Crippen molar-refractivity contribution in [1.29, 1.82) is 0 Å². The number of hydrogen-bond acceptors (Lipinski definition) is 6.